The molecule has 0 aromatic heterocycles. The van der Waals surface area contributed by atoms with E-state index in [-0.39, 0.29) is 17.6 Å². The van der Waals surface area contributed by atoms with E-state index in [9.17, 15) is 4.79 Å². The van der Waals surface area contributed by atoms with Crippen molar-refractivity contribution in [1.29, 1.82) is 0 Å². The fraction of sp³-hybridized carbons (Fsp3) is 0.417. The number of alkyl carbamates (subject to hydrolysis) is 1. The minimum atomic E-state index is -0.316. The molecular formula is C12H15NO2. The largest absolute Gasteiger partial charge is 0.447 e. The zero-order valence-electron chi connectivity index (χ0n) is 8.99. The van der Waals surface area contributed by atoms with Gasteiger partial charge in [-0.15, -0.1) is 0 Å². The van der Waals surface area contributed by atoms with Gasteiger partial charge in [-0.25, -0.2) is 4.79 Å². The molecule has 0 aliphatic carbocycles. The number of carbonyl (C=O) groups is 1. The number of carbonyl (C=O) groups excluding carboxylic acids is 1. The summed E-state index contributed by atoms with van der Waals surface area (Å²) in [5, 5.41) is 2.83. The van der Waals surface area contributed by atoms with Gasteiger partial charge in [-0.3, -0.25) is 0 Å². The quantitative estimate of drug-likeness (QED) is 0.802. The minimum absolute atomic E-state index is 0.0485. The smallest absolute Gasteiger partial charge is 0.407 e. The molecule has 1 aliphatic rings. The van der Waals surface area contributed by atoms with E-state index < -0.39 is 0 Å². The third-order valence-corrected chi connectivity index (χ3v) is 3.06. The maximum atomic E-state index is 11.0. The SMILES string of the molecule is CC(C)(c1ccccc1)C1COC(=O)N1. The van der Waals surface area contributed by atoms with E-state index in [2.05, 4.69) is 31.3 Å². The number of ether oxygens (including phenoxy) is 1. The van der Waals surface area contributed by atoms with E-state index in [0.717, 1.165) is 0 Å². The molecule has 1 amide bonds. The van der Waals surface area contributed by atoms with Crippen LogP contribution in [0.5, 0.6) is 0 Å². The molecule has 0 bridgehead atoms. The van der Waals surface area contributed by atoms with Crippen LogP contribution in [0.4, 0.5) is 4.79 Å². The van der Waals surface area contributed by atoms with Gasteiger partial charge in [-0.1, -0.05) is 44.2 Å². The molecule has 1 N–H and O–H groups in total. The summed E-state index contributed by atoms with van der Waals surface area (Å²) in [5.74, 6) is 0. The lowest BCUT2D eigenvalue weighted by Gasteiger charge is -2.30. The molecule has 3 nitrogen and oxygen atoms in total. The summed E-state index contributed by atoms with van der Waals surface area (Å²) in [6, 6.07) is 10.2. The number of cyclic esters (lactones) is 1. The molecule has 80 valence electrons. The van der Waals surface area contributed by atoms with E-state index in [4.69, 9.17) is 4.74 Å². The van der Waals surface area contributed by atoms with Crippen molar-refractivity contribution in [3.05, 3.63) is 35.9 Å². The van der Waals surface area contributed by atoms with Gasteiger partial charge in [0.15, 0.2) is 0 Å². The third kappa shape index (κ3) is 1.82. The Morgan fingerprint density at radius 3 is 2.53 bits per heavy atom. The second kappa shape index (κ2) is 3.57. The average molecular weight is 205 g/mol. The monoisotopic (exact) mass is 205 g/mol. The van der Waals surface area contributed by atoms with Gasteiger partial charge in [0.1, 0.15) is 6.61 Å². The first kappa shape index (κ1) is 10.0. The van der Waals surface area contributed by atoms with Gasteiger partial charge in [-0.2, -0.15) is 0 Å². The summed E-state index contributed by atoms with van der Waals surface area (Å²) in [6.07, 6.45) is -0.316. The normalized spacial score (nSPS) is 20.9. The Balaban J connectivity index is 2.23. The predicted molar refractivity (Wildman–Crippen MR) is 57.7 cm³/mol. The number of rotatable bonds is 2. The van der Waals surface area contributed by atoms with E-state index in [1.807, 2.05) is 18.2 Å². The van der Waals surface area contributed by atoms with E-state index in [1.165, 1.54) is 5.56 Å². The average Bonchev–Trinajstić information content (AvgIpc) is 2.67. The summed E-state index contributed by atoms with van der Waals surface area (Å²) in [5.41, 5.74) is 1.11. The van der Waals surface area contributed by atoms with Crippen LogP contribution in [0.2, 0.25) is 0 Å². The first-order valence-corrected chi connectivity index (χ1v) is 5.09. The Labute approximate surface area is 89.4 Å². The Kier molecular flexibility index (Phi) is 2.39. The molecule has 0 saturated carbocycles. The van der Waals surface area contributed by atoms with Gasteiger partial charge in [0.05, 0.1) is 6.04 Å². The summed E-state index contributed by atoms with van der Waals surface area (Å²) < 4.78 is 4.92. The summed E-state index contributed by atoms with van der Waals surface area (Å²) in [7, 11) is 0. The topological polar surface area (TPSA) is 38.3 Å². The Bertz CT molecular complexity index is 359. The van der Waals surface area contributed by atoms with Crippen LogP contribution in [0.3, 0.4) is 0 Å². The summed E-state index contributed by atoms with van der Waals surface area (Å²) in [6.45, 7) is 4.67. The van der Waals surface area contributed by atoms with Crippen LogP contribution in [0.25, 0.3) is 0 Å². The molecule has 15 heavy (non-hydrogen) atoms. The number of hydrogen-bond donors (Lipinski definition) is 1. The van der Waals surface area contributed by atoms with Crippen molar-refractivity contribution in [2.75, 3.05) is 6.61 Å². The van der Waals surface area contributed by atoms with Crippen molar-refractivity contribution in [2.24, 2.45) is 0 Å². The fourth-order valence-corrected chi connectivity index (χ4v) is 1.84. The van der Waals surface area contributed by atoms with Crippen molar-refractivity contribution < 1.29 is 9.53 Å². The van der Waals surface area contributed by atoms with Crippen molar-refractivity contribution in [1.82, 2.24) is 5.32 Å². The van der Waals surface area contributed by atoms with Crippen LogP contribution in [0.15, 0.2) is 30.3 Å². The highest BCUT2D eigenvalue weighted by Gasteiger charge is 2.37. The van der Waals surface area contributed by atoms with Gasteiger partial charge in [0.25, 0.3) is 0 Å². The number of nitrogens with one attached hydrogen (secondary N) is 1. The summed E-state index contributed by atoms with van der Waals surface area (Å²) >= 11 is 0. The van der Waals surface area contributed by atoms with Gasteiger partial charge in [-0.05, 0) is 5.56 Å². The number of amides is 1. The van der Waals surface area contributed by atoms with Crippen LogP contribution in [-0.4, -0.2) is 18.7 Å². The molecule has 1 unspecified atom stereocenters. The Morgan fingerprint density at radius 2 is 2.00 bits per heavy atom. The van der Waals surface area contributed by atoms with Gasteiger partial charge >= 0.3 is 6.09 Å². The van der Waals surface area contributed by atoms with Crippen molar-refractivity contribution in [2.45, 2.75) is 25.3 Å². The number of benzene rings is 1. The van der Waals surface area contributed by atoms with Gasteiger partial charge < -0.3 is 10.1 Å². The molecule has 2 rings (SSSR count). The minimum Gasteiger partial charge on any atom is -0.447 e. The molecule has 1 saturated heterocycles. The van der Waals surface area contributed by atoms with Crippen LogP contribution in [0.1, 0.15) is 19.4 Å². The van der Waals surface area contributed by atoms with Crippen LogP contribution >= 0.6 is 0 Å². The molecular weight excluding hydrogens is 190 g/mol. The van der Waals surface area contributed by atoms with E-state index in [1.54, 1.807) is 0 Å². The molecule has 1 aromatic carbocycles. The molecule has 1 aliphatic heterocycles. The second-order valence-electron chi connectivity index (χ2n) is 4.38. The van der Waals surface area contributed by atoms with Crippen molar-refractivity contribution in [3.8, 4) is 0 Å². The Morgan fingerprint density at radius 1 is 1.33 bits per heavy atom. The molecule has 1 aromatic rings. The lowest BCUT2D eigenvalue weighted by molar-refractivity contribution is 0.174. The highest BCUT2D eigenvalue weighted by molar-refractivity contribution is 5.70. The van der Waals surface area contributed by atoms with Crippen LogP contribution in [-0.2, 0) is 10.2 Å². The van der Waals surface area contributed by atoms with Crippen molar-refractivity contribution in [3.63, 3.8) is 0 Å². The fourth-order valence-electron chi connectivity index (χ4n) is 1.84. The highest BCUT2D eigenvalue weighted by Crippen LogP contribution is 2.28. The first-order chi connectivity index (χ1) is 7.10. The third-order valence-electron chi connectivity index (χ3n) is 3.06. The zero-order valence-corrected chi connectivity index (χ0v) is 8.99. The van der Waals surface area contributed by atoms with E-state index in [0.29, 0.717) is 6.61 Å². The maximum absolute atomic E-state index is 11.0. The van der Waals surface area contributed by atoms with Gasteiger partial charge in [0.2, 0.25) is 0 Å². The predicted octanol–water partition coefficient (Wildman–Crippen LogP) is 2.07. The first-order valence-electron chi connectivity index (χ1n) is 5.09. The summed E-state index contributed by atoms with van der Waals surface area (Å²) in [4.78, 5) is 11.0. The van der Waals surface area contributed by atoms with Crippen molar-refractivity contribution >= 4 is 6.09 Å². The second-order valence-corrected chi connectivity index (χ2v) is 4.38. The maximum Gasteiger partial charge on any atom is 0.407 e. The van der Waals surface area contributed by atoms with Gasteiger partial charge in [0, 0.05) is 5.41 Å². The number of hydrogen-bond acceptors (Lipinski definition) is 2. The Hall–Kier alpha value is -1.51. The molecule has 1 heterocycles. The van der Waals surface area contributed by atoms with Crippen LogP contribution < -0.4 is 5.32 Å². The lowest BCUT2D eigenvalue weighted by Crippen LogP contribution is -2.43. The van der Waals surface area contributed by atoms with E-state index >= 15 is 0 Å². The lowest BCUT2D eigenvalue weighted by atomic mass is 9.78. The standard InChI is InChI=1S/C12H15NO2/c1-12(2,9-6-4-3-5-7-9)10-8-15-11(14)13-10/h3-7,10H,8H2,1-2H3,(H,13,14). The molecule has 3 heteroatoms. The molecule has 0 spiro atoms. The zero-order chi connectivity index (χ0) is 10.9. The molecule has 1 fully saturated rings. The van der Waals surface area contributed by atoms with Crippen LogP contribution in [0, 0.1) is 0 Å². The highest BCUT2D eigenvalue weighted by atomic mass is 16.6. The molecule has 0 radical (unpaired) electrons. The molecule has 1 atom stereocenters.